The van der Waals surface area contributed by atoms with E-state index in [0.29, 0.717) is 0 Å². The number of hydrogen-bond donors (Lipinski definition) is 0. The Balaban J connectivity index is 0. The minimum Gasteiger partial charge on any atom is -0.109 e. The smallest absolute Gasteiger partial charge is 0.0967 e. The minimum atomic E-state index is -0.611. The summed E-state index contributed by atoms with van der Waals surface area (Å²) in [4.78, 5) is 0. The summed E-state index contributed by atoms with van der Waals surface area (Å²) in [7, 11) is -0.611. The monoisotopic (exact) mass is 172 g/mol. The lowest BCUT2D eigenvalue weighted by Crippen LogP contribution is -2.10. The molecule has 0 heterocycles. The van der Waals surface area contributed by atoms with E-state index in [2.05, 4.69) is 26.2 Å². The van der Waals surface area contributed by atoms with Crippen LogP contribution in [-0.2, 0) is 0 Å². The van der Waals surface area contributed by atoms with Crippen molar-refractivity contribution >= 4 is 31.3 Å². The highest BCUT2D eigenvalue weighted by molar-refractivity contribution is 6.74. The maximum Gasteiger partial charge on any atom is 0.0967 e. The molecule has 0 amide bonds. The second-order valence-electron chi connectivity index (χ2n) is 3.10. The molecule has 0 saturated carbocycles. The first-order chi connectivity index (χ1) is 3.41. The second-order valence-corrected chi connectivity index (χ2v) is 9.91. The van der Waals surface area contributed by atoms with Crippen LogP contribution in [0.4, 0.5) is 0 Å². The summed E-state index contributed by atoms with van der Waals surface area (Å²) < 4.78 is 0. The summed E-state index contributed by atoms with van der Waals surface area (Å²) in [5, 5.41) is 0.194. The summed E-state index contributed by atoms with van der Waals surface area (Å²) in [5.74, 6) is 0. The first kappa shape index (κ1) is 11.6. The molecule has 0 aromatic heterocycles. The molecule has 0 aromatic carbocycles. The largest absolute Gasteiger partial charge is 0.109 e. The third kappa shape index (κ3) is 360. The molecular weight excluding hydrogens is 159 g/mol. The summed E-state index contributed by atoms with van der Waals surface area (Å²) in [6.45, 7) is 9.31. The van der Waals surface area contributed by atoms with Gasteiger partial charge in [-0.05, 0) is 0 Å². The van der Waals surface area contributed by atoms with Gasteiger partial charge in [-0.1, -0.05) is 26.2 Å². The lowest BCUT2D eigenvalue weighted by molar-refractivity contribution is 1.71. The number of halogens is 2. The molecule has 0 nitrogen and oxygen atoms in total. The van der Waals surface area contributed by atoms with Gasteiger partial charge in [-0.3, -0.25) is 0 Å². The third-order valence-corrected chi connectivity index (χ3v) is 0. The van der Waals surface area contributed by atoms with Gasteiger partial charge in [-0.2, -0.15) is 0 Å². The average molecular weight is 173 g/mol. The van der Waals surface area contributed by atoms with Gasteiger partial charge < -0.3 is 0 Å². The van der Waals surface area contributed by atoms with E-state index in [-0.39, 0.29) is 5.34 Å². The fourth-order valence-electron chi connectivity index (χ4n) is 0. The van der Waals surface area contributed by atoms with Crippen molar-refractivity contribution in [1.82, 2.24) is 0 Å². The Morgan fingerprint density at radius 2 is 1.00 bits per heavy atom. The van der Waals surface area contributed by atoms with Crippen LogP contribution in [0.15, 0.2) is 0 Å². The van der Waals surface area contributed by atoms with E-state index in [0.717, 1.165) is 0 Å². The van der Waals surface area contributed by atoms with E-state index >= 15 is 0 Å². The Kier molecular flexibility index (Phi) is 8.57. The van der Waals surface area contributed by atoms with Crippen LogP contribution >= 0.6 is 23.2 Å². The summed E-state index contributed by atoms with van der Waals surface area (Å²) >= 11 is 9.53. The highest BCUT2D eigenvalue weighted by Crippen LogP contribution is 1.94. The molecule has 3 heteroatoms. The van der Waals surface area contributed by atoms with Crippen LogP contribution in [0, 0.1) is 0 Å². The van der Waals surface area contributed by atoms with E-state index in [1.165, 1.54) is 0 Å². The molecule has 0 rings (SSSR count). The fourth-order valence-corrected chi connectivity index (χ4v) is 0. The molecular formula is C5H14Cl2Si. The Morgan fingerprint density at radius 1 is 1.00 bits per heavy atom. The first-order valence-corrected chi connectivity index (χ1v) is 7.60. The van der Waals surface area contributed by atoms with E-state index in [1.807, 2.05) is 0 Å². The van der Waals surface area contributed by atoms with Gasteiger partial charge in [0.1, 0.15) is 0 Å². The molecule has 0 atom stereocenters. The molecule has 8 heavy (non-hydrogen) atoms. The zero-order chi connectivity index (χ0) is 7.21. The Hall–Kier alpha value is 0.797. The van der Waals surface area contributed by atoms with Crippen LogP contribution in [0.1, 0.15) is 0 Å². The van der Waals surface area contributed by atoms with Crippen molar-refractivity contribution in [3.63, 3.8) is 0 Å². The molecule has 0 fully saturated rings. The number of alkyl halides is 2. The van der Waals surface area contributed by atoms with Crippen molar-refractivity contribution < 1.29 is 0 Å². The molecule has 0 aliphatic carbocycles. The van der Waals surface area contributed by atoms with Crippen molar-refractivity contribution in [2.75, 3.05) is 5.34 Å². The van der Waals surface area contributed by atoms with Crippen molar-refractivity contribution in [3.05, 3.63) is 0 Å². The van der Waals surface area contributed by atoms with E-state index in [4.69, 9.17) is 23.2 Å². The standard InChI is InChI=1S/C4H12Si.CH2Cl2/c1-5(2,3)4;2-1-3/h1-4H3;1H2. The van der Waals surface area contributed by atoms with Crippen molar-refractivity contribution in [2.24, 2.45) is 0 Å². The Bertz CT molecular complexity index is 34.2. The van der Waals surface area contributed by atoms with Gasteiger partial charge in [0, 0.05) is 8.07 Å². The zero-order valence-corrected chi connectivity index (χ0v) is 8.47. The molecule has 0 unspecified atom stereocenters. The van der Waals surface area contributed by atoms with E-state index < -0.39 is 8.07 Å². The maximum absolute atomic E-state index is 4.76. The Morgan fingerprint density at radius 3 is 1.00 bits per heavy atom. The van der Waals surface area contributed by atoms with Gasteiger partial charge in [-0.15, -0.1) is 23.2 Å². The van der Waals surface area contributed by atoms with Crippen molar-refractivity contribution in [3.8, 4) is 0 Å². The quantitative estimate of drug-likeness (QED) is 0.389. The summed E-state index contributed by atoms with van der Waals surface area (Å²) in [6.07, 6.45) is 0. The van der Waals surface area contributed by atoms with Crippen LogP contribution in [-0.4, -0.2) is 13.4 Å². The summed E-state index contributed by atoms with van der Waals surface area (Å²) in [6, 6.07) is 0. The van der Waals surface area contributed by atoms with E-state index in [1.54, 1.807) is 0 Å². The molecule has 0 spiro atoms. The predicted molar refractivity (Wildman–Crippen MR) is 45.8 cm³/mol. The lowest BCUT2D eigenvalue weighted by Gasteiger charge is -2.01. The van der Waals surface area contributed by atoms with Gasteiger partial charge in [0.05, 0.1) is 5.34 Å². The zero-order valence-electron chi connectivity index (χ0n) is 5.96. The van der Waals surface area contributed by atoms with Gasteiger partial charge in [0.15, 0.2) is 0 Å². The topological polar surface area (TPSA) is 0 Å². The number of hydrogen-bond acceptors (Lipinski definition) is 0. The number of rotatable bonds is 0. The molecule has 0 aromatic rings. The normalized spacial score (nSPS) is 9.75. The van der Waals surface area contributed by atoms with Crippen LogP contribution in [0.5, 0.6) is 0 Å². The van der Waals surface area contributed by atoms with Crippen molar-refractivity contribution in [1.29, 1.82) is 0 Å². The first-order valence-electron chi connectivity index (χ1n) is 2.53. The van der Waals surface area contributed by atoms with Gasteiger partial charge >= 0.3 is 0 Å². The fraction of sp³-hybridized carbons (Fsp3) is 1.00. The maximum atomic E-state index is 4.76. The van der Waals surface area contributed by atoms with Gasteiger partial charge in [0.25, 0.3) is 0 Å². The summed E-state index contributed by atoms with van der Waals surface area (Å²) in [5.41, 5.74) is 0. The molecule has 0 bridgehead atoms. The van der Waals surface area contributed by atoms with E-state index in [9.17, 15) is 0 Å². The minimum absolute atomic E-state index is 0.194. The van der Waals surface area contributed by atoms with Gasteiger partial charge in [0.2, 0.25) is 0 Å². The van der Waals surface area contributed by atoms with Crippen LogP contribution < -0.4 is 0 Å². The van der Waals surface area contributed by atoms with Crippen LogP contribution in [0.25, 0.3) is 0 Å². The van der Waals surface area contributed by atoms with Crippen LogP contribution in [0.2, 0.25) is 26.2 Å². The Labute approximate surface area is 63.2 Å². The average Bonchev–Trinajstić information content (AvgIpc) is 1.27. The third-order valence-electron chi connectivity index (χ3n) is 0. The SMILES string of the molecule is C[Si](C)(C)C.ClCCl. The molecule has 0 aliphatic rings. The predicted octanol–water partition coefficient (Wildman–Crippen LogP) is 3.38. The molecule has 52 valence electrons. The molecule has 0 saturated heterocycles. The second kappa shape index (κ2) is 5.93. The molecule has 0 radical (unpaired) electrons. The highest BCUT2D eigenvalue weighted by Gasteiger charge is 1.99. The molecule has 0 N–H and O–H groups in total. The van der Waals surface area contributed by atoms with Gasteiger partial charge in [-0.25, -0.2) is 0 Å². The molecule has 0 aliphatic heterocycles. The lowest BCUT2D eigenvalue weighted by atomic mass is 11.8. The van der Waals surface area contributed by atoms with Crippen molar-refractivity contribution in [2.45, 2.75) is 26.2 Å². The van der Waals surface area contributed by atoms with Crippen LogP contribution in [0.3, 0.4) is 0 Å². The highest BCUT2D eigenvalue weighted by atomic mass is 35.5.